The smallest absolute Gasteiger partial charge is 0.340 e. The second kappa shape index (κ2) is 6.34. The van der Waals surface area contributed by atoms with E-state index in [0.717, 1.165) is 6.08 Å². The maximum Gasteiger partial charge on any atom is 0.340 e. The molecule has 0 aliphatic carbocycles. The molecule has 6 nitrogen and oxygen atoms in total. The second-order valence-electron chi connectivity index (χ2n) is 3.56. The number of ether oxygens (including phenoxy) is 1. The lowest BCUT2D eigenvalue weighted by Crippen LogP contribution is -2.12. The van der Waals surface area contributed by atoms with E-state index in [-0.39, 0.29) is 30.1 Å². The van der Waals surface area contributed by atoms with Crippen LogP contribution in [0.2, 0.25) is 0 Å². The number of carbonyl (C=O) groups excluding carboxylic acids is 1. The Morgan fingerprint density at radius 3 is 2.42 bits per heavy atom. The SMILES string of the molecule is C=CC(=O)CCOc1cccc(C(=O)O)c1C(=O)O. The first-order valence-corrected chi connectivity index (χ1v) is 5.35. The molecule has 0 saturated heterocycles. The van der Waals surface area contributed by atoms with Crippen molar-refractivity contribution in [3.63, 3.8) is 0 Å². The highest BCUT2D eigenvalue weighted by molar-refractivity contribution is 6.03. The number of carboxylic acids is 2. The van der Waals surface area contributed by atoms with Crippen molar-refractivity contribution in [1.82, 2.24) is 0 Å². The predicted octanol–water partition coefficient (Wildman–Crippen LogP) is 1.61. The van der Waals surface area contributed by atoms with Gasteiger partial charge in [0.05, 0.1) is 12.2 Å². The lowest BCUT2D eigenvalue weighted by atomic mass is 10.1. The van der Waals surface area contributed by atoms with Crippen molar-refractivity contribution in [1.29, 1.82) is 0 Å². The molecule has 0 radical (unpaired) electrons. The quantitative estimate of drug-likeness (QED) is 0.725. The molecule has 0 atom stereocenters. The number of allylic oxidation sites excluding steroid dienone is 1. The number of aromatic carboxylic acids is 2. The Balaban J connectivity index is 2.97. The molecule has 0 aromatic heterocycles. The fourth-order valence-electron chi connectivity index (χ4n) is 1.41. The highest BCUT2D eigenvalue weighted by Crippen LogP contribution is 2.23. The zero-order valence-electron chi connectivity index (χ0n) is 9.96. The Morgan fingerprint density at radius 1 is 1.21 bits per heavy atom. The lowest BCUT2D eigenvalue weighted by molar-refractivity contribution is -0.115. The van der Waals surface area contributed by atoms with Gasteiger partial charge < -0.3 is 14.9 Å². The molecule has 0 heterocycles. The Morgan fingerprint density at radius 2 is 1.89 bits per heavy atom. The maximum atomic E-state index is 11.1. The van der Waals surface area contributed by atoms with Gasteiger partial charge in [-0.15, -0.1) is 0 Å². The first-order valence-electron chi connectivity index (χ1n) is 5.35. The molecule has 6 heteroatoms. The Hall–Kier alpha value is -2.63. The Bertz CT molecular complexity index is 532. The molecule has 0 unspecified atom stereocenters. The minimum absolute atomic E-state index is 0.0415. The molecule has 1 aromatic rings. The summed E-state index contributed by atoms with van der Waals surface area (Å²) in [4.78, 5) is 33.0. The summed E-state index contributed by atoms with van der Waals surface area (Å²) >= 11 is 0. The summed E-state index contributed by atoms with van der Waals surface area (Å²) in [6, 6.07) is 3.89. The van der Waals surface area contributed by atoms with E-state index in [0.29, 0.717) is 0 Å². The molecule has 1 rings (SSSR count). The molecule has 0 aliphatic rings. The van der Waals surface area contributed by atoms with E-state index >= 15 is 0 Å². The summed E-state index contributed by atoms with van der Waals surface area (Å²) in [5, 5.41) is 17.9. The fraction of sp³-hybridized carbons (Fsp3) is 0.154. The molecule has 0 saturated carbocycles. The minimum Gasteiger partial charge on any atom is -0.492 e. The van der Waals surface area contributed by atoms with Crippen molar-refractivity contribution in [2.45, 2.75) is 6.42 Å². The van der Waals surface area contributed by atoms with Crippen LogP contribution in [0.1, 0.15) is 27.1 Å². The number of benzene rings is 1. The highest BCUT2D eigenvalue weighted by Gasteiger charge is 2.20. The molecule has 0 spiro atoms. The summed E-state index contributed by atoms with van der Waals surface area (Å²) in [5.74, 6) is -3.08. The number of rotatable bonds is 7. The van der Waals surface area contributed by atoms with Gasteiger partial charge in [0.2, 0.25) is 0 Å². The van der Waals surface area contributed by atoms with Crippen molar-refractivity contribution in [3.05, 3.63) is 42.0 Å². The number of ketones is 1. The Labute approximate surface area is 108 Å². The van der Waals surface area contributed by atoms with Gasteiger partial charge in [-0.3, -0.25) is 4.79 Å². The molecular formula is C13H12O6. The number of hydrogen-bond donors (Lipinski definition) is 2. The summed E-state index contributed by atoms with van der Waals surface area (Å²) in [7, 11) is 0. The van der Waals surface area contributed by atoms with Crippen molar-refractivity contribution in [2.75, 3.05) is 6.61 Å². The van der Waals surface area contributed by atoms with Crippen molar-refractivity contribution in [3.8, 4) is 5.75 Å². The van der Waals surface area contributed by atoms with Gasteiger partial charge in [0.15, 0.2) is 5.78 Å². The second-order valence-corrected chi connectivity index (χ2v) is 3.56. The zero-order chi connectivity index (χ0) is 14.4. The normalized spacial score (nSPS) is 9.68. The lowest BCUT2D eigenvalue weighted by Gasteiger charge is -2.10. The highest BCUT2D eigenvalue weighted by atomic mass is 16.5. The van der Waals surface area contributed by atoms with Crippen molar-refractivity contribution >= 4 is 17.7 Å². The van der Waals surface area contributed by atoms with E-state index in [1.165, 1.54) is 18.2 Å². The number of hydrogen-bond acceptors (Lipinski definition) is 4. The summed E-state index contributed by atoms with van der Waals surface area (Å²) in [6.07, 6.45) is 1.18. The third kappa shape index (κ3) is 3.67. The van der Waals surface area contributed by atoms with E-state index in [1.807, 2.05) is 0 Å². The van der Waals surface area contributed by atoms with Crippen molar-refractivity contribution in [2.24, 2.45) is 0 Å². The molecule has 19 heavy (non-hydrogen) atoms. The number of carbonyl (C=O) groups is 3. The predicted molar refractivity (Wildman–Crippen MR) is 65.7 cm³/mol. The van der Waals surface area contributed by atoms with Crippen LogP contribution in [0.15, 0.2) is 30.9 Å². The van der Waals surface area contributed by atoms with Crippen LogP contribution in [0.3, 0.4) is 0 Å². The third-order valence-corrected chi connectivity index (χ3v) is 2.30. The third-order valence-electron chi connectivity index (χ3n) is 2.30. The average Bonchev–Trinajstić information content (AvgIpc) is 2.37. The van der Waals surface area contributed by atoms with Gasteiger partial charge in [-0.1, -0.05) is 12.6 Å². The maximum absolute atomic E-state index is 11.1. The van der Waals surface area contributed by atoms with E-state index in [2.05, 4.69) is 6.58 Å². The van der Waals surface area contributed by atoms with E-state index in [1.54, 1.807) is 0 Å². The molecule has 100 valence electrons. The summed E-state index contributed by atoms with van der Waals surface area (Å²) in [6.45, 7) is 3.25. The van der Waals surface area contributed by atoms with Crippen LogP contribution < -0.4 is 4.74 Å². The molecule has 0 bridgehead atoms. The van der Waals surface area contributed by atoms with Crippen LogP contribution in [-0.4, -0.2) is 34.5 Å². The van der Waals surface area contributed by atoms with Crippen LogP contribution in [0.4, 0.5) is 0 Å². The van der Waals surface area contributed by atoms with Gasteiger partial charge in [-0.05, 0) is 18.2 Å². The monoisotopic (exact) mass is 264 g/mol. The van der Waals surface area contributed by atoms with E-state index < -0.39 is 17.5 Å². The van der Waals surface area contributed by atoms with Crippen LogP contribution in [0.5, 0.6) is 5.75 Å². The average molecular weight is 264 g/mol. The topological polar surface area (TPSA) is 101 Å². The van der Waals surface area contributed by atoms with Gasteiger partial charge in [-0.25, -0.2) is 9.59 Å². The van der Waals surface area contributed by atoms with Gasteiger partial charge in [0.1, 0.15) is 11.3 Å². The van der Waals surface area contributed by atoms with E-state index in [9.17, 15) is 14.4 Å². The van der Waals surface area contributed by atoms with Gasteiger partial charge in [0, 0.05) is 6.42 Å². The first kappa shape index (κ1) is 14.4. The molecule has 1 aromatic carbocycles. The van der Waals surface area contributed by atoms with Gasteiger partial charge in [0.25, 0.3) is 0 Å². The van der Waals surface area contributed by atoms with Crippen LogP contribution >= 0.6 is 0 Å². The van der Waals surface area contributed by atoms with Crippen LogP contribution in [0.25, 0.3) is 0 Å². The summed E-state index contributed by atoms with van der Waals surface area (Å²) < 4.78 is 5.15. The molecule has 0 aliphatic heterocycles. The molecule has 0 fully saturated rings. The van der Waals surface area contributed by atoms with Crippen LogP contribution in [-0.2, 0) is 4.79 Å². The van der Waals surface area contributed by atoms with Gasteiger partial charge >= 0.3 is 11.9 Å². The number of carboxylic acid groups (broad SMARTS) is 2. The fourth-order valence-corrected chi connectivity index (χ4v) is 1.41. The largest absolute Gasteiger partial charge is 0.492 e. The van der Waals surface area contributed by atoms with Crippen LogP contribution in [0, 0.1) is 0 Å². The molecule has 0 amide bonds. The van der Waals surface area contributed by atoms with Crippen molar-refractivity contribution < 1.29 is 29.3 Å². The Kier molecular flexibility index (Phi) is 4.82. The first-order chi connectivity index (χ1) is 8.97. The zero-order valence-corrected chi connectivity index (χ0v) is 9.96. The van der Waals surface area contributed by atoms with Gasteiger partial charge in [-0.2, -0.15) is 0 Å². The summed E-state index contributed by atoms with van der Waals surface area (Å²) in [5.41, 5.74) is -0.791. The molecule has 2 N–H and O–H groups in total. The standard InChI is InChI=1S/C13H12O6/c1-2-8(14)6-7-19-10-5-3-4-9(12(15)16)11(10)13(17)18/h2-5H,1,6-7H2,(H,15,16)(H,17,18). The molecular weight excluding hydrogens is 252 g/mol. The van der Waals surface area contributed by atoms with E-state index in [4.69, 9.17) is 14.9 Å². The minimum atomic E-state index is -1.40.